The van der Waals surface area contributed by atoms with E-state index < -0.39 is 0 Å². The first-order valence-corrected chi connectivity index (χ1v) is 10.4. The number of aromatic amines is 1. The minimum absolute atomic E-state index is 0.0212. The van der Waals surface area contributed by atoms with Crippen LogP contribution in [0.2, 0.25) is 0 Å². The lowest BCUT2D eigenvalue weighted by atomic mass is 10.3. The molecule has 0 atom stereocenters. The smallest absolute Gasteiger partial charge is 0.311 e. The molecule has 8 nitrogen and oxygen atoms in total. The second-order valence-electron chi connectivity index (χ2n) is 6.68. The van der Waals surface area contributed by atoms with Gasteiger partial charge in [0.2, 0.25) is 5.82 Å². The van der Waals surface area contributed by atoms with Crippen LogP contribution in [-0.2, 0) is 0 Å². The van der Waals surface area contributed by atoms with E-state index in [4.69, 9.17) is 0 Å². The molecular formula is C19H22N6O2S. The molecule has 0 radical (unpaired) electrons. The first-order valence-electron chi connectivity index (χ1n) is 9.42. The molecule has 0 spiro atoms. The number of hydrogen-bond donors (Lipinski definition) is 2. The Labute approximate surface area is 166 Å². The van der Waals surface area contributed by atoms with Crippen molar-refractivity contribution in [2.24, 2.45) is 0 Å². The van der Waals surface area contributed by atoms with Gasteiger partial charge in [-0.3, -0.25) is 10.1 Å². The number of thioether (sulfide) groups is 1. The Morgan fingerprint density at radius 1 is 1.18 bits per heavy atom. The van der Waals surface area contributed by atoms with Gasteiger partial charge in [0, 0.05) is 31.5 Å². The molecule has 0 unspecified atom stereocenters. The van der Waals surface area contributed by atoms with E-state index in [1.807, 2.05) is 24.3 Å². The van der Waals surface area contributed by atoms with Crippen LogP contribution in [0.3, 0.4) is 0 Å². The van der Waals surface area contributed by atoms with Crippen LogP contribution >= 0.6 is 11.8 Å². The Morgan fingerprint density at radius 2 is 2.00 bits per heavy atom. The summed E-state index contributed by atoms with van der Waals surface area (Å²) in [5, 5.41) is 15.3. The molecule has 0 saturated carbocycles. The summed E-state index contributed by atoms with van der Waals surface area (Å²) in [6.45, 7) is 2.53. The molecule has 1 fully saturated rings. The van der Waals surface area contributed by atoms with Crippen molar-refractivity contribution in [3.05, 3.63) is 46.5 Å². The predicted octanol–water partition coefficient (Wildman–Crippen LogP) is 4.06. The third-order valence-electron chi connectivity index (χ3n) is 4.71. The lowest BCUT2D eigenvalue weighted by Gasteiger charge is -2.17. The van der Waals surface area contributed by atoms with Gasteiger partial charge in [0.25, 0.3) is 0 Å². The molecule has 9 heteroatoms. The van der Waals surface area contributed by atoms with E-state index in [2.05, 4.69) is 25.2 Å². The second kappa shape index (κ2) is 8.47. The number of nitrogens with one attached hydrogen (secondary N) is 2. The molecule has 1 saturated heterocycles. The molecular weight excluding hydrogens is 376 g/mol. The summed E-state index contributed by atoms with van der Waals surface area (Å²) in [6, 6.07) is 11.2. The molecule has 1 aromatic carbocycles. The number of para-hydroxylation sites is 2. The number of nitrogens with zero attached hydrogens (tertiary/aromatic N) is 4. The Morgan fingerprint density at radius 3 is 2.79 bits per heavy atom. The SMILES string of the molecule is O=[N+]([O-])c1ccc(N2CCCC2)nc1NCCCSc1nc2ccccc2[nH]1. The molecule has 0 bridgehead atoms. The lowest BCUT2D eigenvalue weighted by Crippen LogP contribution is -2.19. The molecule has 146 valence electrons. The number of anilines is 2. The highest BCUT2D eigenvalue weighted by molar-refractivity contribution is 7.99. The molecule has 2 N–H and O–H groups in total. The molecule has 0 aliphatic carbocycles. The minimum Gasteiger partial charge on any atom is -0.364 e. The van der Waals surface area contributed by atoms with Crippen molar-refractivity contribution >= 4 is 40.1 Å². The minimum atomic E-state index is -0.383. The van der Waals surface area contributed by atoms with E-state index in [9.17, 15) is 10.1 Å². The summed E-state index contributed by atoms with van der Waals surface area (Å²) < 4.78 is 0. The highest BCUT2D eigenvalue weighted by atomic mass is 32.2. The fourth-order valence-corrected chi connectivity index (χ4v) is 4.11. The zero-order chi connectivity index (χ0) is 19.3. The molecule has 1 aliphatic heterocycles. The van der Waals surface area contributed by atoms with Crippen molar-refractivity contribution in [2.45, 2.75) is 24.4 Å². The maximum atomic E-state index is 11.3. The van der Waals surface area contributed by atoms with Crippen LogP contribution in [-0.4, -0.2) is 45.3 Å². The third-order valence-corrected chi connectivity index (χ3v) is 5.67. The number of pyridine rings is 1. The number of fused-ring (bicyclic) bond motifs is 1. The van der Waals surface area contributed by atoms with Crippen molar-refractivity contribution < 1.29 is 4.92 Å². The van der Waals surface area contributed by atoms with Crippen molar-refractivity contribution in [1.29, 1.82) is 0 Å². The van der Waals surface area contributed by atoms with Gasteiger partial charge in [-0.1, -0.05) is 23.9 Å². The number of imidazole rings is 1. The topological polar surface area (TPSA) is 100.0 Å². The maximum Gasteiger partial charge on any atom is 0.311 e. The fourth-order valence-electron chi connectivity index (χ4n) is 3.29. The summed E-state index contributed by atoms with van der Waals surface area (Å²) in [5.41, 5.74) is 2.01. The molecule has 28 heavy (non-hydrogen) atoms. The lowest BCUT2D eigenvalue weighted by molar-refractivity contribution is -0.384. The average molecular weight is 398 g/mol. The van der Waals surface area contributed by atoms with Crippen LogP contribution in [0.15, 0.2) is 41.6 Å². The largest absolute Gasteiger partial charge is 0.364 e. The van der Waals surface area contributed by atoms with E-state index in [1.54, 1.807) is 23.9 Å². The number of rotatable bonds is 8. The van der Waals surface area contributed by atoms with Gasteiger partial charge in [-0.2, -0.15) is 0 Å². The molecule has 4 rings (SSSR count). The monoisotopic (exact) mass is 398 g/mol. The fraction of sp³-hybridized carbons (Fsp3) is 0.368. The summed E-state index contributed by atoms with van der Waals surface area (Å²) in [7, 11) is 0. The highest BCUT2D eigenvalue weighted by Gasteiger charge is 2.20. The molecule has 0 amide bonds. The van der Waals surface area contributed by atoms with E-state index in [0.717, 1.165) is 60.1 Å². The summed E-state index contributed by atoms with van der Waals surface area (Å²) in [4.78, 5) is 25.4. The van der Waals surface area contributed by atoms with Crippen LogP contribution in [0.4, 0.5) is 17.3 Å². The van der Waals surface area contributed by atoms with Crippen molar-refractivity contribution in [3.63, 3.8) is 0 Å². The standard InChI is InChI=1S/C19H22N6O2S/c26-25(27)16-8-9-17(24-11-3-4-12-24)23-18(16)20-10-5-13-28-19-21-14-6-1-2-7-15(14)22-19/h1-2,6-9H,3-5,10-13H2,(H,20,23)(H,21,22). The van der Waals surface area contributed by atoms with E-state index in [1.165, 1.54) is 0 Å². The van der Waals surface area contributed by atoms with Gasteiger partial charge in [0.05, 0.1) is 16.0 Å². The number of benzene rings is 1. The van der Waals surface area contributed by atoms with Gasteiger partial charge < -0.3 is 15.2 Å². The third kappa shape index (κ3) is 4.19. The predicted molar refractivity (Wildman–Crippen MR) is 112 cm³/mol. The zero-order valence-electron chi connectivity index (χ0n) is 15.4. The molecule has 2 aromatic heterocycles. The molecule has 3 aromatic rings. The Kier molecular flexibility index (Phi) is 5.61. The van der Waals surface area contributed by atoms with Crippen LogP contribution in [0.25, 0.3) is 11.0 Å². The average Bonchev–Trinajstić information content (AvgIpc) is 3.37. The number of H-pyrrole nitrogens is 1. The van der Waals surface area contributed by atoms with Gasteiger partial charge in [0.1, 0.15) is 5.82 Å². The van der Waals surface area contributed by atoms with E-state index in [0.29, 0.717) is 12.4 Å². The number of nitro groups is 1. The van der Waals surface area contributed by atoms with Gasteiger partial charge in [-0.05, 0) is 37.5 Å². The first kappa shape index (κ1) is 18.5. The van der Waals surface area contributed by atoms with Gasteiger partial charge >= 0.3 is 5.69 Å². The molecule has 1 aliphatic rings. The van der Waals surface area contributed by atoms with Crippen molar-refractivity contribution in [3.8, 4) is 0 Å². The Hall–Kier alpha value is -2.81. The van der Waals surface area contributed by atoms with Gasteiger partial charge in [0.15, 0.2) is 5.16 Å². The van der Waals surface area contributed by atoms with Crippen LogP contribution in [0.1, 0.15) is 19.3 Å². The van der Waals surface area contributed by atoms with Gasteiger partial charge in [-0.25, -0.2) is 9.97 Å². The maximum absolute atomic E-state index is 11.3. The van der Waals surface area contributed by atoms with Crippen molar-refractivity contribution in [1.82, 2.24) is 15.0 Å². The highest BCUT2D eigenvalue weighted by Crippen LogP contribution is 2.27. The molecule has 3 heterocycles. The Bertz CT molecular complexity index is 937. The van der Waals surface area contributed by atoms with Crippen LogP contribution < -0.4 is 10.2 Å². The number of hydrogen-bond acceptors (Lipinski definition) is 7. The zero-order valence-corrected chi connectivity index (χ0v) is 16.2. The van der Waals surface area contributed by atoms with Crippen LogP contribution in [0, 0.1) is 10.1 Å². The normalized spacial score (nSPS) is 13.9. The van der Waals surface area contributed by atoms with Crippen LogP contribution in [0.5, 0.6) is 0 Å². The van der Waals surface area contributed by atoms with E-state index in [-0.39, 0.29) is 10.6 Å². The van der Waals surface area contributed by atoms with E-state index >= 15 is 0 Å². The number of aromatic nitrogens is 3. The second-order valence-corrected chi connectivity index (χ2v) is 7.76. The quantitative estimate of drug-likeness (QED) is 0.255. The first-order chi connectivity index (χ1) is 13.7. The Balaban J connectivity index is 1.33. The summed E-state index contributed by atoms with van der Waals surface area (Å²) in [5.74, 6) is 2.01. The summed E-state index contributed by atoms with van der Waals surface area (Å²) in [6.07, 6.45) is 3.12. The van der Waals surface area contributed by atoms with Crippen molar-refractivity contribution in [2.75, 3.05) is 35.6 Å². The van der Waals surface area contributed by atoms with Gasteiger partial charge in [-0.15, -0.1) is 0 Å². The summed E-state index contributed by atoms with van der Waals surface area (Å²) >= 11 is 1.65.